The van der Waals surface area contributed by atoms with E-state index in [1.165, 1.54) is 19.3 Å². The number of hydrogen-bond donors (Lipinski definition) is 1. The van der Waals surface area contributed by atoms with Crippen molar-refractivity contribution in [2.75, 3.05) is 32.8 Å². The van der Waals surface area contributed by atoms with Crippen LogP contribution in [0.15, 0.2) is 0 Å². The first-order chi connectivity index (χ1) is 8.18. The number of ether oxygens (including phenoxy) is 1. The Balaban J connectivity index is 1.89. The number of amidine groups is 1. The fraction of sp³-hybridized carbons (Fsp3) is 0.923. The van der Waals surface area contributed by atoms with E-state index in [0.29, 0.717) is 11.9 Å². The van der Waals surface area contributed by atoms with Crippen LogP contribution in [0.2, 0.25) is 0 Å². The molecule has 0 radical (unpaired) electrons. The Morgan fingerprint density at radius 1 is 1.18 bits per heavy atom. The lowest BCUT2D eigenvalue weighted by molar-refractivity contribution is -0.0116. The Morgan fingerprint density at radius 2 is 1.88 bits per heavy atom. The topological polar surface area (TPSA) is 39.6 Å². The van der Waals surface area contributed by atoms with Crippen LogP contribution in [0.1, 0.15) is 33.1 Å². The smallest absolute Gasteiger partial charge is 0.127 e. The average molecular weight is 239 g/mol. The Labute approximate surface area is 104 Å². The van der Waals surface area contributed by atoms with Crippen LogP contribution < -0.4 is 0 Å². The van der Waals surface area contributed by atoms with Gasteiger partial charge in [-0.2, -0.15) is 0 Å². The molecule has 17 heavy (non-hydrogen) atoms. The third-order valence-electron chi connectivity index (χ3n) is 3.83. The van der Waals surface area contributed by atoms with E-state index < -0.39 is 0 Å². The van der Waals surface area contributed by atoms with Crippen molar-refractivity contribution in [1.82, 2.24) is 9.80 Å². The number of rotatable bonds is 2. The van der Waals surface area contributed by atoms with Crippen LogP contribution in [-0.4, -0.2) is 60.6 Å². The zero-order valence-corrected chi connectivity index (χ0v) is 11.1. The predicted molar refractivity (Wildman–Crippen MR) is 69.6 cm³/mol. The lowest BCUT2D eigenvalue weighted by atomic mass is 10.1. The monoisotopic (exact) mass is 239 g/mol. The van der Waals surface area contributed by atoms with E-state index in [1.54, 1.807) is 0 Å². The molecule has 0 aromatic rings. The van der Waals surface area contributed by atoms with Crippen molar-refractivity contribution in [3.63, 3.8) is 0 Å². The van der Waals surface area contributed by atoms with Crippen molar-refractivity contribution in [3.05, 3.63) is 0 Å². The van der Waals surface area contributed by atoms with Gasteiger partial charge in [-0.15, -0.1) is 0 Å². The molecule has 1 N–H and O–H groups in total. The summed E-state index contributed by atoms with van der Waals surface area (Å²) in [7, 11) is 0. The van der Waals surface area contributed by atoms with Gasteiger partial charge in [0.1, 0.15) is 11.9 Å². The van der Waals surface area contributed by atoms with Crippen molar-refractivity contribution in [2.45, 2.75) is 45.3 Å². The minimum absolute atomic E-state index is 0.00995. The highest BCUT2D eigenvalue weighted by molar-refractivity contribution is 5.84. The van der Waals surface area contributed by atoms with Crippen LogP contribution in [0.25, 0.3) is 0 Å². The Bertz CT molecular complexity index is 261. The molecule has 0 spiro atoms. The van der Waals surface area contributed by atoms with Crippen molar-refractivity contribution < 1.29 is 4.74 Å². The van der Waals surface area contributed by atoms with E-state index in [-0.39, 0.29) is 6.10 Å². The summed E-state index contributed by atoms with van der Waals surface area (Å²) in [5.41, 5.74) is 0. The average Bonchev–Trinajstić information content (AvgIpc) is 2.39. The van der Waals surface area contributed by atoms with Crippen LogP contribution >= 0.6 is 0 Å². The Morgan fingerprint density at radius 3 is 2.53 bits per heavy atom. The van der Waals surface area contributed by atoms with Crippen molar-refractivity contribution in [2.24, 2.45) is 0 Å². The summed E-state index contributed by atoms with van der Waals surface area (Å²) in [6.07, 6.45) is 3.75. The second kappa shape index (κ2) is 5.83. The largest absolute Gasteiger partial charge is 0.368 e. The van der Waals surface area contributed by atoms with E-state index in [4.69, 9.17) is 10.1 Å². The zero-order valence-electron chi connectivity index (χ0n) is 11.1. The number of morpholine rings is 1. The van der Waals surface area contributed by atoms with Gasteiger partial charge >= 0.3 is 0 Å². The van der Waals surface area contributed by atoms with Crippen LogP contribution in [0.5, 0.6) is 0 Å². The molecule has 2 rings (SSSR count). The first kappa shape index (κ1) is 12.8. The summed E-state index contributed by atoms with van der Waals surface area (Å²) in [5.74, 6) is 0.704. The Kier molecular flexibility index (Phi) is 4.40. The molecule has 0 saturated carbocycles. The fourth-order valence-corrected chi connectivity index (χ4v) is 2.64. The van der Waals surface area contributed by atoms with Gasteiger partial charge in [0, 0.05) is 32.2 Å². The third kappa shape index (κ3) is 3.19. The molecule has 0 aliphatic carbocycles. The molecule has 0 aromatic heterocycles. The number of nitrogens with zero attached hydrogens (tertiary/aromatic N) is 2. The van der Waals surface area contributed by atoms with Crippen molar-refractivity contribution in [3.8, 4) is 0 Å². The van der Waals surface area contributed by atoms with Gasteiger partial charge in [-0.25, -0.2) is 0 Å². The van der Waals surface area contributed by atoms with Gasteiger partial charge in [0.05, 0.1) is 6.61 Å². The van der Waals surface area contributed by atoms with Crippen molar-refractivity contribution >= 4 is 5.84 Å². The van der Waals surface area contributed by atoms with Gasteiger partial charge in [0.25, 0.3) is 0 Å². The molecule has 2 saturated heterocycles. The molecule has 4 heteroatoms. The molecule has 2 fully saturated rings. The summed E-state index contributed by atoms with van der Waals surface area (Å²) < 4.78 is 5.77. The van der Waals surface area contributed by atoms with E-state index in [9.17, 15) is 0 Å². The van der Waals surface area contributed by atoms with Gasteiger partial charge in [-0.05, 0) is 33.1 Å². The standard InChI is InChI=1S/C13H25N3O/c1-11(2)16-8-9-17-12(10-16)13(14)15-6-4-3-5-7-15/h11-12,14H,3-10H2,1-2H3. The first-order valence-corrected chi connectivity index (χ1v) is 6.87. The molecular weight excluding hydrogens is 214 g/mol. The Hall–Kier alpha value is -0.610. The minimum Gasteiger partial charge on any atom is -0.368 e. The molecular formula is C13H25N3O. The maximum Gasteiger partial charge on any atom is 0.127 e. The van der Waals surface area contributed by atoms with E-state index in [1.807, 2.05) is 0 Å². The summed E-state index contributed by atoms with van der Waals surface area (Å²) in [6, 6.07) is 0.551. The number of hydrogen-bond acceptors (Lipinski definition) is 3. The molecule has 4 nitrogen and oxygen atoms in total. The van der Waals surface area contributed by atoms with Gasteiger partial charge in [0.15, 0.2) is 0 Å². The van der Waals surface area contributed by atoms with Crippen LogP contribution in [-0.2, 0) is 4.74 Å². The van der Waals surface area contributed by atoms with Crippen LogP contribution in [0, 0.1) is 5.41 Å². The lowest BCUT2D eigenvalue weighted by Gasteiger charge is -2.39. The van der Waals surface area contributed by atoms with Crippen LogP contribution in [0.4, 0.5) is 0 Å². The maximum atomic E-state index is 8.28. The number of piperidine rings is 1. The highest BCUT2D eigenvalue weighted by Gasteiger charge is 2.28. The van der Waals surface area contributed by atoms with E-state index in [2.05, 4.69) is 23.6 Å². The molecule has 98 valence electrons. The predicted octanol–water partition coefficient (Wildman–Crippen LogP) is 1.56. The zero-order chi connectivity index (χ0) is 12.3. The van der Waals surface area contributed by atoms with Crippen molar-refractivity contribution in [1.29, 1.82) is 5.41 Å². The molecule has 1 atom stereocenters. The maximum absolute atomic E-state index is 8.28. The summed E-state index contributed by atoms with van der Waals surface area (Å²) in [4.78, 5) is 4.62. The molecule has 2 aliphatic heterocycles. The SMILES string of the molecule is CC(C)N1CCOC(C(=N)N2CCCCC2)C1. The molecule has 2 heterocycles. The highest BCUT2D eigenvalue weighted by atomic mass is 16.5. The number of likely N-dealkylation sites (tertiary alicyclic amines) is 1. The lowest BCUT2D eigenvalue weighted by Crippen LogP contribution is -2.53. The van der Waals surface area contributed by atoms with E-state index >= 15 is 0 Å². The summed E-state index contributed by atoms with van der Waals surface area (Å²) in [5, 5.41) is 8.28. The molecule has 2 aliphatic rings. The van der Waals surface area contributed by atoms with Gasteiger partial charge in [0.2, 0.25) is 0 Å². The number of nitrogens with one attached hydrogen (secondary N) is 1. The molecule has 0 aromatic carbocycles. The second-order valence-electron chi connectivity index (χ2n) is 5.38. The van der Waals surface area contributed by atoms with Gasteiger partial charge in [-0.3, -0.25) is 10.3 Å². The fourth-order valence-electron chi connectivity index (χ4n) is 2.64. The summed E-state index contributed by atoms with van der Waals surface area (Å²) in [6.45, 7) is 9.16. The van der Waals surface area contributed by atoms with Gasteiger partial charge in [-0.1, -0.05) is 0 Å². The van der Waals surface area contributed by atoms with Crippen LogP contribution in [0.3, 0.4) is 0 Å². The summed E-state index contributed by atoms with van der Waals surface area (Å²) >= 11 is 0. The normalized spacial score (nSPS) is 27.5. The first-order valence-electron chi connectivity index (χ1n) is 6.87. The van der Waals surface area contributed by atoms with Gasteiger partial charge < -0.3 is 9.64 Å². The molecule has 0 bridgehead atoms. The molecule has 1 unspecified atom stereocenters. The second-order valence-corrected chi connectivity index (χ2v) is 5.38. The quantitative estimate of drug-likeness (QED) is 0.587. The molecule has 0 amide bonds. The third-order valence-corrected chi connectivity index (χ3v) is 3.83. The highest BCUT2D eigenvalue weighted by Crippen LogP contribution is 2.15. The van der Waals surface area contributed by atoms with E-state index in [0.717, 1.165) is 32.8 Å². The minimum atomic E-state index is -0.00995.